The van der Waals surface area contributed by atoms with E-state index in [2.05, 4.69) is 29.1 Å². The molecule has 0 radical (unpaired) electrons. The summed E-state index contributed by atoms with van der Waals surface area (Å²) in [5, 5.41) is 7.68. The number of aromatic nitrogens is 2. The molecule has 0 N–H and O–H groups in total. The summed E-state index contributed by atoms with van der Waals surface area (Å²) in [5.74, 6) is 0.625. The van der Waals surface area contributed by atoms with Gasteiger partial charge in [0.15, 0.2) is 0 Å². The zero-order chi connectivity index (χ0) is 9.97. The fourth-order valence-corrected chi connectivity index (χ4v) is 1.74. The first-order chi connectivity index (χ1) is 6.75. The molecule has 1 fully saturated rings. The number of hydrogen-bond acceptors (Lipinski definition) is 4. The molecule has 0 aliphatic carbocycles. The molecule has 0 spiro atoms. The van der Waals surface area contributed by atoms with Crippen LogP contribution in [0.5, 0.6) is 5.88 Å². The van der Waals surface area contributed by atoms with E-state index in [0.29, 0.717) is 11.9 Å². The highest BCUT2D eigenvalue weighted by Gasteiger charge is 2.27. The van der Waals surface area contributed by atoms with E-state index in [0.717, 1.165) is 13.0 Å². The smallest absolute Gasteiger partial charge is 0.233 e. The van der Waals surface area contributed by atoms with Crippen LogP contribution in [0, 0.1) is 0 Å². The second-order valence-corrected chi connectivity index (χ2v) is 3.83. The summed E-state index contributed by atoms with van der Waals surface area (Å²) in [6, 6.07) is 4.28. The SMILES string of the molecule is CC1CC(Oc2cccnn2)CN1C. The molecule has 1 aromatic heterocycles. The summed E-state index contributed by atoms with van der Waals surface area (Å²) in [4.78, 5) is 2.29. The first-order valence-electron chi connectivity index (χ1n) is 4.90. The molecule has 2 unspecified atom stereocenters. The van der Waals surface area contributed by atoms with E-state index in [9.17, 15) is 0 Å². The van der Waals surface area contributed by atoms with Crippen LogP contribution in [0.2, 0.25) is 0 Å². The minimum absolute atomic E-state index is 0.256. The Kier molecular flexibility index (Phi) is 2.63. The van der Waals surface area contributed by atoms with Crippen molar-refractivity contribution in [3.8, 4) is 5.88 Å². The normalized spacial score (nSPS) is 27.9. The van der Waals surface area contributed by atoms with Gasteiger partial charge in [-0.3, -0.25) is 4.90 Å². The van der Waals surface area contributed by atoms with E-state index in [1.54, 1.807) is 6.20 Å². The van der Waals surface area contributed by atoms with Crippen LogP contribution in [-0.4, -0.2) is 40.8 Å². The van der Waals surface area contributed by atoms with Crippen molar-refractivity contribution in [2.45, 2.75) is 25.5 Å². The number of likely N-dealkylation sites (N-methyl/N-ethyl adjacent to an activating group) is 1. The molecule has 76 valence electrons. The lowest BCUT2D eigenvalue weighted by atomic mass is 10.2. The van der Waals surface area contributed by atoms with Crippen molar-refractivity contribution in [3.05, 3.63) is 18.3 Å². The predicted molar refractivity (Wildman–Crippen MR) is 53.2 cm³/mol. The van der Waals surface area contributed by atoms with Gasteiger partial charge in [0.2, 0.25) is 5.88 Å². The van der Waals surface area contributed by atoms with Crippen LogP contribution in [0.4, 0.5) is 0 Å². The first kappa shape index (κ1) is 9.40. The molecule has 0 bridgehead atoms. The topological polar surface area (TPSA) is 38.3 Å². The van der Waals surface area contributed by atoms with Gasteiger partial charge >= 0.3 is 0 Å². The third-order valence-electron chi connectivity index (χ3n) is 2.68. The van der Waals surface area contributed by atoms with Crippen LogP contribution in [0.25, 0.3) is 0 Å². The lowest BCUT2D eigenvalue weighted by Gasteiger charge is -2.12. The summed E-state index contributed by atoms with van der Waals surface area (Å²) >= 11 is 0. The molecule has 1 saturated heterocycles. The molecule has 2 rings (SSSR count). The number of likely N-dealkylation sites (tertiary alicyclic amines) is 1. The van der Waals surface area contributed by atoms with Crippen LogP contribution >= 0.6 is 0 Å². The highest BCUT2D eigenvalue weighted by atomic mass is 16.5. The zero-order valence-corrected chi connectivity index (χ0v) is 8.55. The first-order valence-corrected chi connectivity index (χ1v) is 4.90. The van der Waals surface area contributed by atoms with Crippen molar-refractivity contribution < 1.29 is 4.74 Å². The molecule has 1 aliphatic heterocycles. The zero-order valence-electron chi connectivity index (χ0n) is 8.55. The van der Waals surface area contributed by atoms with Gasteiger partial charge in [-0.15, -0.1) is 5.10 Å². The largest absolute Gasteiger partial charge is 0.472 e. The number of nitrogens with zero attached hydrogens (tertiary/aromatic N) is 3. The Labute approximate surface area is 83.9 Å². The van der Waals surface area contributed by atoms with Crippen molar-refractivity contribution in [3.63, 3.8) is 0 Å². The average molecular weight is 193 g/mol. The van der Waals surface area contributed by atoms with Crippen LogP contribution in [0.3, 0.4) is 0 Å². The minimum Gasteiger partial charge on any atom is -0.472 e. The molecule has 2 heterocycles. The second kappa shape index (κ2) is 3.92. The van der Waals surface area contributed by atoms with E-state index < -0.39 is 0 Å². The fraction of sp³-hybridized carbons (Fsp3) is 0.600. The molecule has 4 heteroatoms. The Hall–Kier alpha value is -1.16. The van der Waals surface area contributed by atoms with E-state index in [1.807, 2.05) is 12.1 Å². The summed E-state index contributed by atoms with van der Waals surface area (Å²) in [6.07, 6.45) is 2.97. The Morgan fingerprint density at radius 2 is 2.43 bits per heavy atom. The van der Waals surface area contributed by atoms with Gasteiger partial charge in [-0.25, -0.2) is 0 Å². The standard InChI is InChI=1S/C10H15N3O/c1-8-6-9(7-13(8)2)14-10-4-3-5-11-12-10/h3-5,8-9H,6-7H2,1-2H3. The van der Waals surface area contributed by atoms with Gasteiger partial charge in [-0.05, 0) is 20.0 Å². The highest BCUT2D eigenvalue weighted by molar-refractivity contribution is 5.06. The maximum absolute atomic E-state index is 5.70. The van der Waals surface area contributed by atoms with Crippen molar-refractivity contribution >= 4 is 0 Å². The van der Waals surface area contributed by atoms with E-state index in [-0.39, 0.29) is 6.10 Å². The molecular formula is C10H15N3O. The van der Waals surface area contributed by atoms with Crippen LogP contribution < -0.4 is 4.74 Å². The van der Waals surface area contributed by atoms with Crippen molar-refractivity contribution in [1.29, 1.82) is 0 Å². The molecule has 4 nitrogen and oxygen atoms in total. The Bertz CT molecular complexity index is 281. The van der Waals surface area contributed by atoms with Gasteiger partial charge in [-0.2, -0.15) is 5.10 Å². The van der Waals surface area contributed by atoms with Gasteiger partial charge in [0.05, 0.1) is 0 Å². The lowest BCUT2D eigenvalue weighted by molar-refractivity contribution is 0.198. The highest BCUT2D eigenvalue weighted by Crippen LogP contribution is 2.19. The average Bonchev–Trinajstić information content (AvgIpc) is 2.47. The van der Waals surface area contributed by atoms with Gasteiger partial charge in [0.25, 0.3) is 0 Å². The van der Waals surface area contributed by atoms with E-state index in [1.165, 1.54) is 0 Å². The Morgan fingerprint density at radius 3 is 3.00 bits per heavy atom. The number of hydrogen-bond donors (Lipinski definition) is 0. The van der Waals surface area contributed by atoms with Gasteiger partial charge in [-0.1, -0.05) is 0 Å². The third kappa shape index (κ3) is 2.01. The fourth-order valence-electron chi connectivity index (χ4n) is 1.74. The lowest BCUT2D eigenvalue weighted by Crippen LogP contribution is -2.23. The van der Waals surface area contributed by atoms with Crippen LogP contribution in [-0.2, 0) is 0 Å². The summed E-state index contributed by atoms with van der Waals surface area (Å²) in [7, 11) is 2.12. The van der Waals surface area contributed by atoms with Gasteiger partial charge in [0.1, 0.15) is 6.10 Å². The second-order valence-electron chi connectivity index (χ2n) is 3.83. The van der Waals surface area contributed by atoms with Crippen molar-refractivity contribution in [2.75, 3.05) is 13.6 Å². The van der Waals surface area contributed by atoms with Crippen molar-refractivity contribution in [2.24, 2.45) is 0 Å². The summed E-state index contributed by atoms with van der Waals surface area (Å²) < 4.78 is 5.70. The molecule has 1 aliphatic rings. The van der Waals surface area contributed by atoms with E-state index >= 15 is 0 Å². The maximum atomic E-state index is 5.70. The van der Waals surface area contributed by atoms with Crippen molar-refractivity contribution in [1.82, 2.24) is 15.1 Å². The molecule has 1 aromatic rings. The predicted octanol–water partition coefficient (Wildman–Crippen LogP) is 0.948. The molecule has 2 atom stereocenters. The summed E-state index contributed by atoms with van der Waals surface area (Å²) in [6.45, 7) is 3.18. The molecular weight excluding hydrogens is 178 g/mol. The minimum atomic E-state index is 0.256. The molecule has 0 saturated carbocycles. The van der Waals surface area contributed by atoms with E-state index in [4.69, 9.17) is 4.74 Å². The number of rotatable bonds is 2. The monoisotopic (exact) mass is 193 g/mol. The van der Waals surface area contributed by atoms with Crippen LogP contribution in [0.15, 0.2) is 18.3 Å². The van der Waals surface area contributed by atoms with Gasteiger partial charge < -0.3 is 4.74 Å². The Morgan fingerprint density at radius 1 is 1.57 bits per heavy atom. The molecule has 0 aromatic carbocycles. The molecule has 0 amide bonds. The third-order valence-corrected chi connectivity index (χ3v) is 2.68. The number of ether oxygens (including phenoxy) is 1. The van der Waals surface area contributed by atoms with Gasteiger partial charge in [0, 0.05) is 31.3 Å². The summed E-state index contributed by atoms with van der Waals surface area (Å²) in [5.41, 5.74) is 0. The maximum Gasteiger partial charge on any atom is 0.233 e. The molecule has 14 heavy (non-hydrogen) atoms. The van der Waals surface area contributed by atoms with Crippen LogP contribution in [0.1, 0.15) is 13.3 Å². The quantitative estimate of drug-likeness (QED) is 0.701. The Balaban J connectivity index is 1.94.